The van der Waals surface area contributed by atoms with Gasteiger partial charge in [-0.15, -0.1) is 0 Å². The number of anilines is 1. The average Bonchev–Trinajstić information content (AvgIpc) is 3.46. The summed E-state index contributed by atoms with van der Waals surface area (Å²) in [7, 11) is 4.06. The molecule has 2 saturated heterocycles. The van der Waals surface area contributed by atoms with Crippen molar-refractivity contribution >= 4 is 23.8 Å². The molecule has 0 unspecified atom stereocenters. The van der Waals surface area contributed by atoms with Crippen LogP contribution in [0.4, 0.5) is 10.5 Å². The van der Waals surface area contributed by atoms with E-state index in [9.17, 15) is 14.7 Å². The first-order valence-corrected chi connectivity index (χ1v) is 15.5. The highest BCUT2D eigenvalue weighted by atomic mass is 16.6. The molecule has 1 amide bonds. The van der Waals surface area contributed by atoms with Gasteiger partial charge in [-0.05, 0) is 75.5 Å². The molecular formula is C33H50N4O5. The lowest BCUT2D eigenvalue weighted by molar-refractivity contribution is -0.151. The molecule has 1 aromatic rings. The minimum atomic E-state index is -0.809. The van der Waals surface area contributed by atoms with Gasteiger partial charge in [0.2, 0.25) is 0 Å². The lowest BCUT2D eigenvalue weighted by atomic mass is 9.91. The molecule has 4 rings (SSSR count). The Labute approximate surface area is 251 Å². The number of cyclic esters (lactones) is 1. The number of aliphatic hydroxyl groups is 1. The van der Waals surface area contributed by atoms with Gasteiger partial charge in [0.1, 0.15) is 12.2 Å². The Bertz CT molecular complexity index is 1120. The molecule has 3 aliphatic heterocycles. The molecule has 9 heteroatoms. The number of rotatable bonds is 5. The molecule has 0 saturated carbocycles. The van der Waals surface area contributed by atoms with Crippen LogP contribution in [-0.4, -0.2) is 105 Å². The summed E-state index contributed by atoms with van der Waals surface area (Å²) in [5.41, 5.74) is 3.14. The van der Waals surface area contributed by atoms with Crippen molar-refractivity contribution in [2.75, 3.05) is 58.3 Å². The predicted molar refractivity (Wildman–Crippen MR) is 166 cm³/mol. The number of aliphatic hydroxyl groups excluding tert-OH is 1. The van der Waals surface area contributed by atoms with E-state index >= 15 is 0 Å². The first kappa shape index (κ1) is 32.0. The van der Waals surface area contributed by atoms with Gasteiger partial charge >= 0.3 is 12.1 Å². The second-order valence-corrected chi connectivity index (χ2v) is 12.4. The van der Waals surface area contributed by atoms with Gasteiger partial charge in [-0.3, -0.25) is 4.79 Å². The number of carbonyl (C=O) groups is 2. The molecular weight excluding hydrogens is 532 g/mol. The van der Waals surface area contributed by atoms with Crippen LogP contribution in [0, 0.1) is 11.8 Å². The Hall–Kier alpha value is -2.88. The van der Waals surface area contributed by atoms with Crippen molar-refractivity contribution in [2.24, 2.45) is 11.8 Å². The summed E-state index contributed by atoms with van der Waals surface area (Å²) in [6.45, 7) is 11.0. The highest BCUT2D eigenvalue weighted by Gasteiger charge is 2.29. The quantitative estimate of drug-likeness (QED) is 0.399. The van der Waals surface area contributed by atoms with Gasteiger partial charge in [-0.25, -0.2) is 4.79 Å². The maximum Gasteiger partial charge on any atom is 0.410 e. The number of nitrogens with zero attached hydrogens (tertiary/aromatic N) is 3. The summed E-state index contributed by atoms with van der Waals surface area (Å²) in [4.78, 5) is 32.3. The van der Waals surface area contributed by atoms with Crippen LogP contribution >= 0.6 is 0 Å². The zero-order valence-corrected chi connectivity index (χ0v) is 26.0. The normalized spacial score (nSPS) is 31.2. The third kappa shape index (κ3) is 8.82. The molecule has 3 heterocycles. The Morgan fingerprint density at radius 1 is 1.10 bits per heavy atom. The molecule has 3 aliphatic rings. The maximum atomic E-state index is 13.0. The molecule has 0 aromatic heterocycles. The van der Waals surface area contributed by atoms with Crippen molar-refractivity contribution in [2.45, 2.75) is 70.8 Å². The average molecular weight is 583 g/mol. The maximum absolute atomic E-state index is 13.0. The molecule has 0 bridgehead atoms. The van der Waals surface area contributed by atoms with Crippen LogP contribution in [0.3, 0.4) is 0 Å². The Morgan fingerprint density at radius 2 is 1.86 bits per heavy atom. The number of hydrogen-bond acceptors (Lipinski definition) is 8. The largest absolute Gasteiger partial charge is 0.457 e. The number of likely N-dealkylation sites (N-methyl/N-ethyl adjacent to an activating group) is 2. The Kier molecular flexibility index (Phi) is 11.5. The molecule has 42 heavy (non-hydrogen) atoms. The number of hydrogen-bond donors (Lipinski definition) is 2. The van der Waals surface area contributed by atoms with E-state index in [2.05, 4.69) is 52.5 Å². The minimum Gasteiger partial charge on any atom is -0.457 e. The van der Waals surface area contributed by atoms with Crippen molar-refractivity contribution < 1.29 is 24.2 Å². The van der Waals surface area contributed by atoms with Crippen molar-refractivity contribution in [3.8, 4) is 0 Å². The summed E-state index contributed by atoms with van der Waals surface area (Å²) >= 11 is 0. The molecule has 2 N–H and O–H groups in total. The fourth-order valence-corrected chi connectivity index (χ4v) is 6.02. The van der Waals surface area contributed by atoms with Gasteiger partial charge in [-0.2, -0.15) is 0 Å². The number of piperazine rings is 1. The van der Waals surface area contributed by atoms with E-state index in [0.29, 0.717) is 32.0 Å². The number of amides is 1. The van der Waals surface area contributed by atoms with Gasteiger partial charge in [0.05, 0.1) is 12.5 Å². The molecule has 0 spiro atoms. The zero-order valence-electron chi connectivity index (χ0n) is 26.0. The van der Waals surface area contributed by atoms with Crippen LogP contribution in [0.15, 0.2) is 42.0 Å². The number of carbonyl (C=O) groups excluding carboxylic acids is 2. The van der Waals surface area contributed by atoms with Crippen molar-refractivity contribution in [1.29, 1.82) is 0 Å². The highest BCUT2D eigenvalue weighted by Crippen LogP contribution is 2.27. The summed E-state index contributed by atoms with van der Waals surface area (Å²) in [6, 6.07) is 8.94. The van der Waals surface area contributed by atoms with E-state index in [0.717, 1.165) is 43.7 Å². The van der Waals surface area contributed by atoms with Crippen LogP contribution in [0.1, 0.15) is 52.0 Å². The second-order valence-electron chi connectivity index (χ2n) is 12.4. The van der Waals surface area contributed by atoms with Crippen LogP contribution < -0.4 is 10.2 Å². The van der Waals surface area contributed by atoms with E-state index in [-0.39, 0.29) is 24.3 Å². The molecule has 232 valence electrons. The smallest absolute Gasteiger partial charge is 0.410 e. The Morgan fingerprint density at radius 3 is 2.57 bits per heavy atom. The van der Waals surface area contributed by atoms with E-state index in [1.807, 2.05) is 40.0 Å². The van der Waals surface area contributed by atoms with E-state index in [1.165, 1.54) is 5.69 Å². The number of ether oxygens (including phenoxy) is 2. The molecule has 1 aromatic carbocycles. The molecule has 2 fully saturated rings. The second kappa shape index (κ2) is 15.0. The van der Waals surface area contributed by atoms with Crippen molar-refractivity contribution in [3.63, 3.8) is 0 Å². The summed E-state index contributed by atoms with van der Waals surface area (Å²) in [5, 5.41) is 14.0. The summed E-state index contributed by atoms with van der Waals surface area (Å²) in [5.74, 6) is -0.589. The fourth-order valence-electron chi connectivity index (χ4n) is 6.02. The van der Waals surface area contributed by atoms with Crippen molar-refractivity contribution in [1.82, 2.24) is 15.1 Å². The lowest BCUT2D eigenvalue weighted by Gasteiger charge is -2.33. The van der Waals surface area contributed by atoms with E-state index < -0.39 is 24.3 Å². The van der Waals surface area contributed by atoms with E-state index in [4.69, 9.17) is 9.47 Å². The van der Waals surface area contributed by atoms with Gasteiger partial charge in [0.25, 0.3) is 0 Å². The van der Waals surface area contributed by atoms with Crippen LogP contribution in [0.25, 0.3) is 6.08 Å². The fraction of sp³-hybridized carbons (Fsp3) is 0.636. The van der Waals surface area contributed by atoms with Gasteiger partial charge in [-0.1, -0.05) is 38.1 Å². The van der Waals surface area contributed by atoms with Gasteiger partial charge < -0.3 is 34.6 Å². The monoisotopic (exact) mass is 582 g/mol. The summed E-state index contributed by atoms with van der Waals surface area (Å²) in [6.07, 6.45) is 6.06. The van der Waals surface area contributed by atoms with Crippen molar-refractivity contribution in [3.05, 3.63) is 47.6 Å². The first-order chi connectivity index (χ1) is 20.1. The van der Waals surface area contributed by atoms with Crippen LogP contribution in [0.2, 0.25) is 0 Å². The van der Waals surface area contributed by atoms with Crippen LogP contribution in [0.5, 0.6) is 0 Å². The number of benzene rings is 1. The third-order valence-electron chi connectivity index (χ3n) is 8.93. The molecule has 0 aliphatic carbocycles. The van der Waals surface area contributed by atoms with Crippen LogP contribution in [-0.2, 0) is 14.3 Å². The zero-order chi connectivity index (χ0) is 30.2. The highest BCUT2D eigenvalue weighted by molar-refractivity contribution is 5.71. The lowest BCUT2D eigenvalue weighted by Crippen LogP contribution is -2.48. The first-order valence-electron chi connectivity index (χ1n) is 15.5. The topological polar surface area (TPSA) is 94.6 Å². The third-order valence-corrected chi connectivity index (χ3v) is 8.93. The predicted octanol–water partition coefficient (Wildman–Crippen LogP) is 3.93. The molecule has 9 nitrogen and oxygen atoms in total. The van der Waals surface area contributed by atoms with Gasteiger partial charge in [0.15, 0.2) is 0 Å². The van der Waals surface area contributed by atoms with Gasteiger partial charge in [0, 0.05) is 56.9 Å². The number of nitrogens with one attached hydrogen (secondary N) is 1. The SMILES string of the molecule is CN[C@H]1CCN(c2cccc(/C=C(\C)[C@H]3OC(=O)C[C@@H](O)CC[C@@H](C)[C@@H](OC(=O)N4CCN(C)CC4)/C=C/[C@@H]3C)c2)C1. The molecule has 0 radical (unpaired) electrons. The number of esters is 1. The Balaban J connectivity index is 1.53. The standard InChI is InChI=1S/C33H50N4O5/c1-23-9-11-29(38)21-31(39)42-32(24(2)10-12-30(23)41-33(40)36-17-15-35(5)16-18-36)25(3)19-26-7-6-8-28(20-26)37-14-13-27(22-37)34-4/h6-8,10,12,19-20,23-24,27,29-30,32,34,38H,9,11,13-18,21-22H2,1-5H3/b12-10+,25-19+/t23-,24+,27+,29+,30+,32+/m1/s1. The van der Waals surface area contributed by atoms with E-state index in [1.54, 1.807) is 4.90 Å². The summed E-state index contributed by atoms with van der Waals surface area (Å²) < 4.78 is 12.0. The molecule has 6 atom stereocenters. The minimum absolute atomic E-state index is 0.0131.